The highest BCUT2D eigenvalue weighted by Gasteiger charge is 2.38. The number of unbranched alkanes of at least 4 members (excludes halogenated alkanes) is 1. The van der Waals surface area contributed by atoms with E-state index in [1.807, 2.05) is 30.3 Å². The number of aliphatic carboxylic acids is 1. The highest BCUT2D eigenvalue weighted by atomic mass is 16.4. The monoisotopic (exact) mass is 518 g/mol. The third-order valence-corrected chi connectivity index (χ3v) is 6.33. The molecule has 1 saturated heterocycles. The molecule has 37 heavy (non-hydrogen) atoms. The fourth-order valence-electron chi connectivity index (χ4n) is 4.32. The van der Waals surface area contributed by atoms with Crippen LogP contribution in [0, 0.1) is 0 Å². The minimum absolute atomic E-state index is 0.177. The van der Waals surface area contributed by atoms with Gasteiger partial charge in [0, 0.05) is 13.0 Å². The lowest BCUT2D eigenvalue weighted by Gasteiger charge is -2.28. The van der Waals surface area contributed by atoms with Gasteiger partial charge >= 0.3 is 5.97 Å². The number of carboxylic acid groups (broad SMARTS) is 1. The van der Waals surface area contributed by atoms with Crippen molar-refractivity contribution < 1.29 is 29.1 Å². The van der Waals surface area contributed by atoms with Gasteiger partial charge in [-0.1, -0.05) is 30.3 Å². The maximum atomic E-state index is 13.2. The van der Waals surface area contributed by atoms with Crippen LogP contribution in [0.2, 0.25) is 0 Å². The Morgan fingerprint density at radius 2 is 1.73 bits per heavy atom. The van der Waals surface area contributed by atoms with Crippen molar-refractivity contribution in [3.05, 3.63) is 35.9 Å². The zero-order valence-electron chi connectivity index (χ0n) is 20.9. The summed E-state index contributed by atoms with van der Waals surface area (Å²) in [5.74, 6) is -3.55. The van der Waals surface area contributed by atoms with Crippen LogP contribution < -0.4 is 27.8 Å². The molecule has 4 amide bonds. The minimum atomic E-state index is -1.34. The average molecular weight is 519 g/mol. The van der Waals surface area contributed by atoms with E-state index in [2.05, 4.69) is 10.6 Å². The van der Waals surface area contributed by atoms with Gasteiger partial charge in [-0.15, -0.1) is 0 Å². The van der Waals surface area contributed by atoms with Gasteiger partial charge in [-0.05, 0) is 57.1 Å². The van der Waals surface area contributed by atoms with E-state index in [4.69, 9.17) is 17.2 Å². The first-order valence-corrected chi connectivity index (χ1v) is 12.6. The van der Waals surface area contributed by atoms with Crippen LogP contribution in [0.25, 0.3) is 0 Å². The average Bonchev–Trinajstić information content (AvgIpc) is 3.35. The number of rotatable bonds is 15. The van der Waals surface area contributed by atoms with Crippen LogP contribution in [-0.4, -0.2) is 76.9 Å². The van der Waals surface area contributed by atoms with Gasteiger partial charge in [-0.3, -0.25) is 19.2 Å². The van der Waals surface area contributed by atoms with E-state index in [0.717, 1.165) is 5.56 Å². The lowest BCUT2D eigenvalue weighted by Crippen LogP contribution is -2.56. The number of hydrogen-bond acceptors (Lipinski definition) is 7. The maximum absolute atomic E-state index is 13.2. The molecule has 1 aromatic rings. The summed E-state index contributed by atoms with van der Waals surface area (Å²) in [7, 11) is 0. The Morgan fingerprint density at radius 3 is 2.35 bits per heavy atom. The number of nitrogens with zero attached hydrogens (tertiary/aromatic N) is 1. The maximum Gasteiger partial charge on any atom is 0.326 e. The predicted octanol–water partition coefficient (Wildman–Crippen LogP) is -1.00. The Hall–Kier alpha value is -3.51. The lowest BCUT2D eigenvalue weighted by atomic mass is 10.0. The van der Waals surface area contributed by atoms with E-state index in [9.17, 15) is 29.1 Å². The van der Waals surface area contributed by atoms with Gasteiger partial charge in [0.25, 0.3) is 0 Å². The molecule has 12 nitrogen and oxygen atoms in total. The van der Waals surface area contributed by atoms with Crippen molar-refractivity contribution in [1.82, 2.24) is 15.5 Å². The summed E-state index contributed by atoms with van der Waals surface area (Å²) in [5, 5.41) is 14.5. The summed E-state index contributed by atoms with van der Waals surface area (Å²) in [5.41, 5.74) is 17.7. The number of amides is 4. The minimum Gasteiger partial charge on any atom is -0.480 e. The summed E-state index contributed by atoms with van der Waals surface area (Å²) in [6.45, 7) is 0.764. The smallest absolute Gasteiger partial charge is 0.326 e. The fourth-order valence-corrected chi connectivity index (χ4v) is 4.32. The van der Waals surface area contributed by atoms with Crippen molar-refractivity contribution in [1.29, 1.82) is 0 Å². The largest absolute Gasteiger partial charge is 0.480 e. The molecule has 0 radical (unpaired) electrons. The van der Waals surface area contributed by atoms with E-state index in [0.29, 0.717) is 45.2 Å². The molecule has 12 heteroatoms. The SMILES string of the molecule is NCCCCC(NC(=O)C1CCCN1C(=O)C(N)Cc1ccccc1)C(=O)NC(CCC(N)=O)C(=O)O. The molecule has 2 rings (SSSR count). The molecule has 204 valence electrons. The van der Waals surface area contributed by atoms with Gasteiger partial charge in [0.15, 0.2) is 0 Å². The van der Waals surface area contributed by atoms with Crippen molar-refractivity contribution in [2.24, 2.45) is 17.2 Å². The van der Waals surface area contributed by atoms with Crippen LogP contribution >= 0.6 is 0 Å². The molecule has 1 fully saturated rings. The van der Waals surface area contributed by atoms with Crippen LogP contribution in [0.1, 0.15) is 50.5 Å². The van der Waals surface area contributed by atoms with Gasteiger partial charge in [0.1, 0.15) is 18.1 Å². The Kier molecular flexibility index (Phi) is 12.0. The van der Waals surface area contributed by atoms with Gasteiger partial charge in [-0.2, -0.15) is 0 Å². The molecule has 0 aliphatic carbocycles. The first-order valence-electron chi connectivity index (χ1n) is 12.6. The van der Waals surface area contributed by atoms with Crippen LogP contribution in [0.4, 0.5) is 0 Å². The number of likely N-dealkylation sites (tertiary alicyclic amines) is 1. The van der Waals surface area contributed by atoms with Crippen molar-refractivity contribution in [3.8, 4) is 0 Å². The molecular formula is C25H38N6O6. The first kappa shape index (κ1) is 29.7. The zero-order chi connectivity index (χ0) is 27.4. The normalized spacial score (nSPS) is 17.5. The number of primary amides is 1. The molecule has 4 unspecified atom stereocenters. The topological polar surface area (TPSA) is 211 Å². The van der Waals surface area contributed by atoms with Gasteiger partial charge in [-0.25, -0.2) is 4.79 Å². The van der Waals surface area contributed by atoms with Gasteiger partial charge in [0.2, 0.25) is 23.6 Å². The fraction of sp³-hybridized carbons (Fsp3) is 0.560. The highest BCUT2D eigenvalue weighted by Crippen LogP contribution is 2.20. The number of hydrogen-bond donors (Lipinski definition) is 6. The Bertz CT molecular complexity index is 943. The number of nitrogens with two attached hydrogens (primary N) is 3. The number of carbonyl (C=O) groups is 5. The van der Waals surface area contributed by atoms with E-state index >= 15 is 0 Å². The van der Waals surface area contributed by atoms with Crippen LogP contribution in [0.3, 0.4) is 0 Å². The van der Waals surface area contributed by atoms with E-state index in [-0.39, 0.29) is 25.2 Å². The summed E-state index contributed by atoms with van der Waals surface area (Å²) < 4.78 is 0. The van der Waals surface area contributed by atoms with Crippen LogP contribution in [0.5, 0.6) is 0 Å². The second kappa shape index (κ2) is 14.9. The zero-order valence-corrected chi connectivity index (χ0v) is 20.9. The standard InChI is InChI=1S/C25H38N6O6/c26-13-5-4-9-18(22(33)30-19(25(36)37)11-12-21(28)32)29-23(34)20-10-6-14-31(20)24(35)17(27)15-16-7-2-1-3-8-16/h1-3,7-8,17-20H,4-6,9-15,26-27H2,(H2,28,32)(H,29,34)(H,30,33)(H,36,37). The summed E-state index contributed by atoms with van der Waals surface area (Å²) in [4.78, 5) is 63.3. The number of carboxylic acids is 1. The van der Waals surface area contributed by atoms with Gasteiger partial charge in [0.05, 0.1) is 6.04 Å². The van der Waals surface area contributed by atoms with E-state index in [1.165, 1.54) is 4.90 Å². The summed E-state index contributed by atoms with van der Waals surface area (Å²) >= 11 is 0. The summed E-state index contributed by atoms with van der Waals surface area (Å²) in [6, 6.07) is 5.35. The molecule has 1 heterocycles. The molecule has 1 aromatic carbocycles. The molecule has 0 aromatic heterocycles. The van der Waals surface area contributed by atoms with Crippen LogP contribution in [-0.2, 0) is 30.4 Å². The van der Waals surface area contributed by atoms with E-state index in [1.54, 1.807) is 0 Å². The lowest BCUT2D eigenvalue weighted by molar-refractivity contribution is -0.143. The second-order valence-corrected chi connectivity index (χ2v) is 9.24. The number of carbonyl (C=O) groups excluding carboxylic acids is 4. The molecule has 1 aliphatic rings. The molecule has 4 atom stereocenters. The van der Waals surface area contributed by atoms with Crippen molar-refractivity contribution >= 4 is 29.6 Å². The molecule has 1 aliphatic heterocycles. The van der Waals surface area contributed by atoms with Crippen molar-refractivity contribution in [2.75, 3.05) is 13.1 Å². The second-order valence-electron chi connectivity index (χ2n) is 9.24. The predicted molar refractivity (Wildman–Crippen MR) is 136 cm³/mol. The highest BCUT2D eigenvalue weighted by molar-refractivity contribution is 5.94. The van der Waals surface area contributed by atoms with Crippen molar-refractivity contribution in [2.45, 2.75) is 75.5 Å². The molecule has 9 N–H and O–H groups in total. The Morgan fingerprint density at radius 1 is 1.03 bits per heavy atom. The molecule has 0 bridgehead atoms. The molecule has 0 spiro atoms. The molecule has 0 saturated carbocycles. The molecular weight excluding hydrogens is 480 g/mol. The quantitative estimate of drug-likeness (QED) is 0.158. The first-order chi connectivity index (χ1) is 17.6. The Labute approximate surface area is 216 Å². The summed E-state index contributed by atoms with van der Waals surface area (Å²) in [6.07, 6.45) is 2.31. The number of nitrogens with one attached hydrogen (secondary N) is 2. The number of benzene rings is 1. The van der Waals surface area contributed by atoms with Crippen molar-refractivity contribution in [3.63, 3.8) is 0 Å². The van der Waals surface area contributed by atoms with Gasteiger partial charge < -0.3 is 37.8 Å². The third kappa shape index (κ3) is 9.47. The third-order valence-electron chi connectivity index (χ3n) is 6.33. The Balaban J connectivity index is 2.07. The van der Waals surface area contributed by atoms with E-state index < -0.39 is 47.9 Å². The van der Waals surface area contributed by atoms with Crippen LogP contribution in [0.15, 0.2) is 30.3 Å².